The molecule has 1 aliphatic heterocycles. The molecule has 0 radical (unpaired) electrons. The second-order valence-corrected chi connectivity index (χ2v) is 11.5. The van der Waals surface area contributed by atoms with E-state index in [-0.39, 0.29) is 23.3 Å². The first-order chi connectivity index (χ1) is 18.0. The lowest BCUT2D eigenvalue weighted by Crippen LogP contribution is -2.42. The van der Waals surface area contributed by atoms with Gasteiger partial charge in [0, 0.05) is 17.1 Å². The van der Waals surface area contributed by atoms with Crippen molar-refractivity contribution in [1.29, 1.82) is 0 Å². The van der Waals surface area contributed by atoms with E-state index in [0.29, 0.717) is 51.8 Å². The van der Waals surface area contributed by atoms with E-state index in [1.807, 2.05) is 36.4 Å². The molecule has 1 aromatic heterocycles. The Kier molecular flexibility index (Phi) is 6.86. The van der Waals surface area contributed by atoms with Crippen LogP contribution in [0.5, 0.6) is 0 Å². The average molecular weight is 531 g/mol. The minimum Gasteiger partial charge on any atom is -0.344 e. The number of hydrogen-bond donors (Lipinski definition) is 0. The number of nitrogens with zero attached hydrogens (tertiary/aromatic N) is 4. The van der Waals surface area contributed by atoms with Gasteiger partial charge in [-0.05, 0) is 62.1 Å². The molecule has 0 aliphatic carbocycles. The summed E-state index contributed by atoms with van der Waals surface area (Å²) in [6, 6.07) is 20.1. The van der Waals surface area contributed by atoms with Crippen LogP contribution in [0.2, 0.25) is 5.02 Å². The number of halogens is 2. The van der Waals surface area contributed by atoms with Gasteiger partial charge >= 0.3 is 0 Å². The molecule has 0 fully saturated rings. The zero-order valence-corrected chi connectivity index (χ0v) is 23.1. The highest BCUT2D eigenvalue weighted by Gasteiger charge is 2.40. The largest absolute Gasteiger partial charge is 0.344 e. The van der Waals surface area contributed by atoms with Crippen molar-refractivity contribution in [1.82, 2.24) is 14.5 Å². The molecule has 0 saturated heterocycles. The lowest BCUT2D eigenvalue weighted by Gasteiger charge is -2.35. The fraction of sp³-hybridized carbons (Fsp3) is 0.323. The maximum Gasteiger partial charge on any atom is 0.261 e. The molecule has 1 aliphatic rings. The first-order valence-electron chi connectivity index (χ1n) is 12.9. The van der Waals surface area contributed by atoms with Crippen molar-refractivity contribution in [3.8, 4) is 0 Å². The average Bonchev–Trinajstić information content (AvgIpc) is 3.18. The summed E-state index contributed by atoms with van der Waals surface area (Å²) < 4.78 is 16.4. The third-order valence-electron chi connectivity index (χ3n) is 7.03. The molecule has 196 valence electrons. The normalized spacial score (nSPS) is 15.8. The lowest BCUT2D eigenvalue weighted by atomic mass is 9.97. The van der Waals surface area contributed by atoms with Gasteiger partial charge in [0.25, 0.3) is 5.56 Å². The summed E-state index contributed by atoms with van der Waals surface area (Å²) >= 11 is 6.32. The highest BCUT2D eigenvalue weighted by Crippen LogP contribution is 2.36. The van der Waals surface area contributed by atoms with Gasteiger partial charge in [0.1, 0.15) is 17.5 Å². The number of fused-ring (bicyclic) bond motifs is 1. The Bertz CT molecular complexity index is 1590. The van der Waals surface area contributed by atoms with Crippen LogP contribution in [-0.2, 0) is 6.54 Å². The second kappa shape index (κ2) is 9.99. The van der Waals surface area contributed by atoms with Crippen LogP contribution in [0.4, 0.5) is 4.39 Å². The standard InChI is InChI=1S/C31H32ClFN4O/c1-19(2)27(37-18-31(4,5)35-28(37)22-12-11-20(3)25(33)15-22)29-34-26-16-23(32)13-14-24(26)30(38)36(29)17-21-9-7-6-8-10-21/h6-16,19,27H,17-18H2,1-5H3. The molecule has 7 heteroatoms. The number of hydrogen-bond acceptors (Lipinski definition) is 4. The number of aromatic nitrogens is 2. The van der Waals surface area contributed by atoms with Gasteiger partial charge < -0.3 is 4.90 Å². The van der Waals surface area contributed by atoms with Crippen LogP contribution in [0.1, 0.15) is 56.3 Å². The monoisotopic (exact) mass is 530 g/mol. The predicted molar refractivity (Wildman–Crippen MR) is 153 cm³/mol. The Morgan fingerprint density at radius 3 is 2.47 bits per heavy atom. The number of aliphatic imine (C=N–C) groups is 1. The molecule has 0 N–H and O–H groups in total. The first-order valence-corrected chi connectivity index (χ1v) is 13.3. The zero-order valence-electron chi connectivity index (χ0n) is 22.4. The Morgan fingerprint density at radius 2 is 1.79 bits per heavy atom. The Labute approximate surface area is 227 Å². The van der Waals surface area contributed by atoms with E-state index in [9.17, 15) is 9.18 Å². The summed E-state index contributed by atoms with van der Waals surface area (Å²) in [4.78, 5) is 26.2. The van der Waals surface area contributed by atoms with Crippen LogP contribution in [-0.4, -0.2) is 32.4 Å². The summed E-state index contributed by atoms with van der Waals surface area (Å²) in [5.74, 6) is 1.14. The Morgan fingerprint density at radius 1 is 1.05 bits per heavy atom. The van der Waals surface area contributed by atoms with Crippen LogP contribution in [0.3, 0.4) is 0 Å². The quantitative estimate of drug-likeness (QED) is 0.276. The van der Waals surface area contributed by atoms with E-state index < -0.39 is 5.54 Å². The lowest BCUT2D eigenvalue weighted by molar-refractivity contribution is 0.225. The van der Waals surface area contributed by atoms with E-state index in [1.54, 1.807) is 41.8 Å². The molecular weight excluding hydrogens is 499 g/mol. The van der Waals surface area contributed by atoms with Crippen LogP contribution < -0.4 is 5.56 Å². The fourth-order valence-electron chi connectivity index (χ4n) is 5.22. The minimum absolute atomic E-state index is 0.0648. The highest BCUT2D eigenvalue weighted by atomic mass is 35.5. The number of rotatable bonds is 6. The molecule has 4 aromatic rings. The molecule has 2 heterocycles. The molecule has 0 bridgehead atoms. The molecule has 0 amide bonds. The maximum absolute atomic E-state index is 14.7. The van der Waals surface area contributed by atoms with Crippen molar-refractivity contribution in [2.24, 2.45) is 10.9 Å². The summed E-state index contributed by atoms with van der Waals surface area (Å²) in [7, 11) is 0. The molecular formula is C31H32ClFN4O. The molecule has 3 aromatic carbocycles. The van der Waals surface area contributed by atoms with Crippen LogP contribution in [0, 0.1) is 18.7 Å². The van der Waals surface area contributed by atoms with Crippen molar-refractivity contribution in [3.05, 3.63) is 110 Å². The molecule has 1 unspecified atom stereocenters. The summed E-state index contributed by atoms with van der Waals surface area (Å²) in [5, 5.41) is 1.05. The van der Waals surface area contributed by atoms with Gasteiger partial charge in [-0.2, -0.15) is 0 Å². The zero-order chi connectivity index (χ0) is 27.2. The van der Waals surface area contributed by atoms with Crippen molar-refractivity contribution in [2.45, 2.75) is 52.7 Å². The second-order valence-electron chi connectivity index (χ2n) is 11.0. The first kappa shape index (κ1) is 26.1. The summed E-state index contributed by atoms with van der Waals surface area (Å²) in [6.45, 7) is 11.1. The van der Waals surface area contributed by atoms with Gasteiger partial charge in [0.2, 0.25) is 0 Å². The van der Waals surface area contributed by atoms with Crippen LogP contribution >= 0.6 is 11.6 Å². The molecule has 0 saturated carbocycles. The van der Waals surface area contributed by atoms with Crippen LogP contribution in [0.25, 0.3) is 10.9 Å². The smallest absolute Gasteiger partial charge is 0.261 e. The van der Waals surface area contributed by atoms with Gasteiger partial charge in [-0.3, -0.25) is 14.4 Å². The number of aryl methyl sites for hydroxylation is 1. The van der Waals surface area contributed by atoms with Gasteiger partial charge in [0.05, 0.1) is 29.0 Å². The van der Waals surface area contributed by atoms with E-state index >= 15 is 0 Å². The third-order valence-corrected chi connectivity index (χ3v) is 7.27. The van der Waals surface area contributed by atoms with Crippen molar-refractivity contribution in [3.63, 3.8) is 0 Å². The maximum atomic E-state index is 14.7. The van der Waals surface area contributed by atoms with Crippen molar-refractivity contribution >= 4 is 28.3 Å². The summed E-state index contributed by atoms with van der Waals surface area (Å²) in [5.41, 5.74) is 2.35. The van der Waals surface area contributed by atoms with E-state index in [1.165, 1.54) is 0 Å². The number of amidine groups is 1. The van der Waals surface area contributed by atoms with Gasteiger partial charge in [-0.1, -0.05) is 67.9 Å². The van der Waals surface area contributed by atoms with Gasteiger partial charge in [-0.25, -0.2) is 9.37 Å². The Hall–Kier alpha value is -3.51. The van der Waals surface area contributed by atoms with Crippen LogP contribution in [0.15, 0.2) is 76.5 Å². The number of benzene rings is 3. The van der Waals surface area contributed by atoms with Crippen molar-refractivity contribution < 1.29 is 4.39 Å². The summed E-state index contributed by atoms with van der Waals surface area (Å²) in [6.07, 6.45) is 0. The Balaban J connectivity index is 1.73. The topological polar surface area (TPSA) is 50.5 Å². The van der Waals surface area contributed by atoms with E-state index in [2.05, 4.69) is 32.6 Å². The van der Waals surface area contributed by atoms with Gasteiger partial charge in [-0.15, -0.1) is 0 Å². The van der Waals surface area contributed by atoms with Gasteiger partial charge in [0.15, 0.2) is 0 Å². The molecule has 5 rings (SSSR count). The van der Waals surface area contributed by atoms with Crippen molar-refractivity contribution in [2.75, 3.05) is 6.54 Å². The SMILES string of the molecule is Cc1ccc(C2=NC(C)(C)CN2C(c2nc3cc(Cl)ccc3c(=O)n2Cc2ccccc2)C(C)C)cc1F. The minimum atomic E-state index is -0.394. The molecule has 5 nitrogen and oxygen atoms in total. The highest BCUT2D eigenvalue weighted by molar-refractivity contribution is 6.31. The molecule has 0 spiro atoms. The third kappa shape index (κ3) is 4.97. The van der Waals surface area contributed by atoms with E-state index in [4.69, 9.17) is 21.6 Å². The fourth-order valence-corrected chi connectivity index (χ4v) is 5.39. The molecule has 38 heavy (non-hydrogen) atoms. The molecule has 1 atom stereocenters. The van der Waals surface area contributed by atoms with E-state index in [0.717, 1.165) is 5.56 Å². The predicted octanol–water partition coefficient (Wildman–Crippen LogP) is 6.78.